The fraction of sp³-hybridized carbons (Fsp3) is 0.276. The van der Waals surface area contributed by atoms with Crippen LogP contribution in [0.5, 0.6) is 0 Å². The third kappa shape index (κ3) is 7.06. The van der Waals surface area contributed by atoms with E-state index in [-0.39, 0.29) is 5.69 Å². The van der Waals surface area contributed by atoms with Crippen LogP contribution in [0.4, 0.5) is 40.4 Å². The average Bonchev–Trinajstić information content (AvgIpc) is 3.65. The van der Waals surface area contributed by atoms with Gasteiger partial charge in [0.1, 0.15) is 18.0 Å². The summed E-state index contributed by atoms with van der Waals surface area (Å²) >= 11 is 2.91. The number of hydrogen-bond donors (Lipinski definition) is 3. The fourth-order valence-electron chi connectivity index (χ4n) is 4.72. The molecular weight excluding hydrogens is 612 g/mol. The van der Waals surface area contributed by atoms with Crippen LogP contribution in [0, 0.1) is 0 Å². The molecule has 1 aromatic carbocycles. The smallest absolute Gasteiger partial charge is 0.368 e. The van der Waals surface area contributed by atoms with E-state index < -0.39 is 17.8 Å². The first-order chi connectivity index (χ1) is 21.2. The SMILES string of the molecule is CN1CCN(c2cc(-c3cc4ncnc(NCCc5cnc(NC(=O)Nc6cccc(C(F)(F)F)c6)s5)c4s3)ccn2)CC1. The molecule has 0 radical (unpaired) electrons. The molecule has 0 saturated carbocycles. The summed E-state index contributed by atoms with van der Waals surface area (Å²) in [5.74, 6) is 1.71. The number of anilines is 4. The number of rotatable bonds is 8. The molecule has 4 aromatic heterocycles. The molecule has 10 nitrogen and oxygen atoms in total. The number of hydrogen-bond acceptors (Lipinski definition) is 10. The van der Waals surface area contributed by atoms with Crippen molar-refractivity contribution in [1.82, 2.24) is 24.8 Å². The van der Waals surface area contributed by atoms with E-state index in [0.29, 0.717) is 18.1 Å². The topological polar surface area (TPSA) is 111 Å². The maximum atomic E-state index is 12.9. The van der Waals surface area contributed by atoms with Gasteiger partial charge >= 0.3 is 12.2 Å². The lowest BCUT2D eigenvalue weighted by Gasteiger charge is -2.33. The Hall–Kier alpha value is -4.34. The van der Waals surface area contributed by atoms with E-state index in [2.05, 4.69) is 64.9 Å². The van der Waals surface area contributed by atoms with Gasteiger partial charge in [-0.15, -0.1) is 22.7 Å². The normalized spacial score (nSPS) is 14.1. The molecule has 0 bridgehead atoms. The molecule has 0 atom stereocenters. The zero-order valence-corrected chi connectivity index (χ0v) is 25.2. The molecular formula is C29H28F3N9OS2. The Balaban J connectivity index is 1.05. The number of alkyl halides is 3. The molecule has 1 fully saturated rings. The lowest BCUT2D eigenvalue weighted by Crippen LogP contribution is -2.44. The van der Waals surface area contributed by atoms with Crippen molar-refractivity contribution >= 4 is 61.4 Å². The van der Waals surface area contributed by atoms with Gasteiger partial charge in [-0.25, -0.2) is 24.7 Å². The number of aromatic nitrogens is 4. The minimum Gasteiger partial charge on any atom is -0.368 e. The van der Waals surface area contributed by atoms with Crippen molar-refractivity contribution < 1.29 is 18.0 Å². The second kappa shape index (κ2) is 12.7. The number of thiazole rings is 1. The van der Waals surface area contributed by atoms with Crippen molar-refractivity contribution in [2.45, 2.75) is 12.6 Å². The highest BCUT2D eigenvalue weighted by Gasteiger charge is 2.30. The van der Waals surface area contributed by atoms with Crippen molar-refractivity contribution in [1.29, 1.82) is 0 Å². The van der Waals surface area contributed by atoms with Crippen LogP contribution in [0.15, 0.2) is 61.2 Å². The van der Waals surface area contributed by atoms with Crippen LogP contribution < -0.4 is 20.9 Å². The molecule has 0 aliphatic carbocycles. The van der Waals surface area contributed by atoms with Gasteiger partial charge in [-0.05, 0) is 49.0 Å². The van der Waals surface area contributed by atoms with Gasteiger partial charge in [0, 0.05) is 67.0 Å². The Bertz CT molecular complexity index is 1770. The summed E-state index contributed by atoms with van der Waals surface area (Å²) in [5.41, 5.74) is 1.14. The van der Waals surface area contributed by atoms with Crippen LogP contribution in [-0.4, -0.2) is 70.6 Å². The van der Waals surface area contributed by atoms with Crippen LogP contribution in [0.1, 0.15) is 10.4 Å². The molecule has 0 unspecified atom stereocenters. The Morgan fingerprint density at radius 3 is 2.64 bits per heavy atom. The van der Waals surface area contributed by atoms with Gasteiger partial charge in [0.2, 0.25) is 0 Å². The first-order valence-corrected chi connectivity index (χ1v) is 15.4. The van der Waals surface area contributed by atoms with Gasteiger partial charge in [0.05, 0.1) is 15.8 Å². The molecule has 6 rings (SSSR count). The minimum atomic E-state index is -4.50. The van der Waals surface area contributed by atoms with Gasteiger partial charge < -0.3 is 20.4 Å². The van der Waals surface area contributed by atoms with E-state index >= 15 is 0 Å². The summed E-state index contributed by atoms with van der Waals surface area (Å²) in [6, 6.07) is 9.98. The summed E-state index contributed by atoms with van der Waals surface area (Å²) in [7, 11) is 2.13. The molecule has 44 heavy (non-hydrogen) atoms. The highest BCUT2D eigenvalue weighted by atomic mass is 32.1. The third-order valence-electron chi connectivity index (χ3n) is 7.05. The summed E-state index contributed by atoms with van der Waals surface area (Å²) in [4.78, 5) is 36.7. The second-order valence-electron chi connectivity index (χ2n) is 10.2. The molecule has 1 aliphatic rings. The fourth-order valence-corrected chi connectivity index (χ4v) is 6.60. The highest BCUT2D eigenvalue weighted by Crippen LogP contribution is 2.36. The number of likely N-dealkylation sites (N-methyl/N-ethyl adjacent to an activating group) is 1. The molecule has 5 heterocycles. The van der Waals surface area contributed by atoms with E-state index in [1.54, 1.807) is 23.9 Å². The number of carbonyl (C=O) groups is 1. The van der Waals surface area contributed by atoms with Crippen LogP contribution in [0.3, 0.4) is 0 Å². The van der Waals surface area contributed by atoms with E-state index in [9.17, 15) is 18.0 Å². The minimum absolute atomic E-state index is 0.0330. The number of halogens is 3. The van der Waals surface area contributed by atoms with E-state index in [1.807, 2.05) is 12.3 Å². The lowest BCUT2D eigenvalue weighted by atomic mass is 10.2. The van der Waals surface area contributed by atoms with E-state index in [0.717, 1.165) is 75.5 Å². The number of benzene rings is 1. The predicted molar refractivity (Wildman–Crippen MR) is 169 cm³/mol. The molecule has 0 spiro atoms. The van der Waals surface area contributed by atoms with Gasteiger partial charge in [-0.2, -0.15) is 13.2 Å². The first-order valence-electron chi connectivity index (χ1n) is 13.8. The number of amides is 2. The van der Waals surface area contributed by atoms with Crippen molar-refractivity contribution in [3.8, 4) is 10.4 Å². The van der Waals surface area contributed by atoms with Crippen LogP contribution in [0.2, 0.25) is 0 Å². The van der Waals surface area contributed by atoms with E-state index in [1.165, 1.54) is 23.5 Å². The summed E-state index contributed by atoms with van der Waals surface area (Å²) in [5, 5.41) is 8.71. The number of carbonyl (C=O) groups excluding carboxylic acids is 1. The van der Waals surface area contributed by atoms with Gasteiger partial charge in [-0.1, -0.05) is 6.07 Å². The molecule has 228 valence electrons. The molecule has 1 aliphatic heterocycles. The van der Waals surface area contributed by atoms with Crippen molar-refractivity contribution in [3.63, 3.8) is 0 Å². The number of thiophene rings is 1. The number of nitrogens with one attached hydrogen (secondary N) is 3. The summed E-state index contributed by atoms with van der Waals surface area (Å²) in [6.07, 6.45) is 1.18. The first kappa shape index (κ1) is 29.7. The van der Waals surface area contributed by atoms with Gasteiger partial charge in [0.25, 0.3) is 0 Å². The highest BCUT2D eigenvalue weighted by molar-refractivity contribution is 7.22. The van der Waals surface area contributed by atoms with E-state index in [4.69, 9.17) is 0 Å². The standard InChI is InChI=1S/C29H28F3N9OS2/c1-40-9-11-41(12-10-40)24-13-18(5-7-33-24)23-15-22-25(44-23)26(37-17-36-22)34-8-6-21-16-35-28(43-21)39-27(42)38-20-4-2-3-19(14-20)29(30,31)32/h2-5,7,13-17H,6,8-12H2,1H3,(H,34,36,37)(H2,35,38,39,42). The zero-order chi connectivity index (χ0) is 30.7. The van der Waals surface area contributed by atoms with Crippen LogP contribution >= 0.6 is 22.7 Å². The Morgan fingerprint density at radius 2 is 1.82 bits per heavy atom. The van der Waals surface area contributed by atoms with Gasteiger partial charge in [0.15, 0.2) is 5.13 Å². The predicted octanol–water partition coefficient (Wildman–Crippen LogP) is 6.28. The second-order valence-corrected chi connectivity index (χ2v) is 12.4. The Morgan fingerprint density at radius 1 is 0.977 bits per heavy atom. The molecule has 3 N–H and O–H groups in total. The van der Waals surface area contributed by atoms with Crippen molar-refractivity contribution in [3.05, 3.63) is 71.6 Å². The maximum Gasteiger partial charge on any atom is 0.416 e. The zero-order valence-electron chi connectivity index (χ0n) is 23.6. The van der Waals surface area contributed by atoms with Crippen LogP contribution in [0.25, 0.3) is 20.7 Å². The van der Waals surface area contributed by atoms with Crippen LogP contribution in [-0.2, 0) is 12.6 Å². The average molecular weight is 640 g/mol. The third-order valence-corrected chi connectivity index (χ3v) is 9.21. The molecule has 2 amide bonds. The number of pyridine rings is 1. The van der Waals surface area contributed by atoms with Crippen molar-refractivity contribution in [2.75, 3.05) is 60.6 Å². The maximum absolute atomic E-state index is 12.9. The number of fused-ring (bicyclic) bond motifs is 1. The van der Waals surface area contributed by atoms with Gasteiger partial charge in [-0.3, -0.25) is 5.32 Å². The molecule has 15 heteroatoms. The summed E-state index contributed by atoms with van der Waals surface area (Å²) < 4.78 is 39.8. The number of nitrogens with zero attached hydrogens (tertiary/aromatic N) is 6. The molecule has 5 aromatic rings. The quantitative estimate of drug-likeness (QED) is 0.182. The largest absolute Gasteiger partial charge is 0.416 e. The number of urea groups is 1. The molecule has 1 saturated heterocycles. The van der Waals surface area contributed by atoms with Crippen molar-refractivity contribution in [2.24, 2.45) is 0 Å². The Kier molecular flexibility index (Phi) is 8.59. The lowest BCUT2D eigenvalue weighted by molar-refractivity contribution is -0.137. The monoisotopic (exact) mass is 639 g/mol. The summed E-state index contributed by atoms with van der Waals surface area (Å²) in [6.45, 7) is 4.49. The number of piperazine rings is 1. The Labute approximate surface area is 259 Å².